The van der Waals surface area contributed by atoms with Gasteiger partial charge in [0.05, 0.1) is 0 Å². The van der Waals surface area contributed by atoms with Crippen LogP contribution in [0.1, 0.15) is 0 Å². The highest BCUT2D eigenvalue weighted by atomic mass is 15.1. The van der Waals surface area contributed by atoms with Crippen molar-refractivity contribution in [2.45, 2.75) is 0 Å². The Balaban J connectivity index is 2.73. The number of nitrogens with two attached hydrogens (primary N) is 3. The van der Waals surface area contributed by atoms with Gasteiger partial charge in [-0.25, -0.2) is 4.99 Å². The van der Waals surface area contributed by atoms with E-state index < -0.39 is 0 Å². The van der Waals surface area contributed by atoms with Crippen LogP contribution < -0.4 is 17.2 Å². The zero-order chi connectivity index (χ0) is 5.44. The molecule has 0 radical (unpaired) electrons. The first-order valence-electron chi connectivity index (χ1n) is 1.81. The Hall–Kier alpha value is -1.19. The fourth-order valence-corrected chi connectivity index (χ4v) is 0.328. The molecule has 0 aromatic heterocycles. The highest BCUT2D eigenvalue weighted by molar-refractivity contribution is 6.01. The summed E-state index contributed by atoms with van der Waals surface area (Å²) in [5.41, 5.74) is 15.8. The number of hydrogen-bond acceptors (Lipinski definition) is 4. The van der Waals surface area contributed by atoms with Gasteiger partial charge in [-0.3, -0.25) is 0 Å². The van der Waals surface area contributed by atoms with Gasteiger partial charge in [-0.1, -0.05) is 0 Å². The van der Waals surface area contributed by atoms with Crippen molar-refractivity contribution in [2.75, 3.05) is 0 Å². The zero-order valence-electron chi connectivity index (χ0n) is 3.68. The van der Waals surface area contributed by atoms with Crippen molar-refractivity contribution in [3.63, 3.8) is 0 Å². The molecular weight excluding hydrogens is 92.1 g/mol. The van der Waals surface area contributed by atoms with Gasteiger partial charge in [-0.2, -0.15) is 0 Å². The van der Waals surface area contributed by atoms with Gasteiger partial charge in [0.1, 0.15) is 5.70 Å². The van der Waals surface area contributed by atoms with Gasteiger partial charge in [0.25, 0.3) is 0 Å². The summed E-state index contributed by atoms with van der Waals surface area (Å²) in [5, 5.41) is 0. The first-order chi connectivity index (χ1) is 3.22. The average Bonchev–Trinajstić information content (AvgIpc) is 1.68. The molecule has 7 heavy (non-hydrogen) atoms. The summed E-state index contributed by atoms with van der Waals surface area (Å²) in [6.07, 6.45) is 0. The van der Waals surface area contributed by atoms with Crippen molar-refractivity contribution >= 4 is 5.84 Å². The molecule has 4 heteroatoms. The van der Waals surface area contributed by atoms with Gasteiger partial charge >= 0.3 is 0 Å². The number of nitrogens with zero attached hydrogens (tertiary/aromatic N) is 1. The van der Waals surface area contributed by atoms with E-state index in [-0.39, 0.29) is 0 Å². The lowest BCUT2D eigenvalue weighted by Gasteiger charge is -2.10. The zero-order valence-corrected chi connectivity index (χ0v) is 3.68. The summed E-state index contributed by atoms with van der Waals surface area (Å²) < 4.78 is 0. The Kier molecular flexibility index (Phi) is 0.512. The second-order valence-electron chi connectivity index (χ2n) is 1.30. The van der Waals surface area contributed by atoms with Crippen LogP contribution in [0.4, 0.5) is 0 Å². The molecule has 0 aliphatic carbocycles. The molecule has 38 valence electrons. The van der Waals surface area contributed by atoms with Crippen LogP contribution in [0.3, 0.4) is 0 Å². The van der Waals surface area contributed by atoms with Crippen molar-refractivity contribution in [2.24, 2.45) is 22.2 Å². The molecule has 1 aliphatic rings. The first-order valence-corrected chi connectivity index (χ1v) is 1.81. The summed E-state index contributed by atoms with van der Waals surface area (Å²) in [4.78, 5) is 3.53. The standard InChI is InChI=1S/C3H6N4/c4-1-2(5)7-3(1)6/h4H2,(H4,5,6,7). The fraction of sp³-hybridized carbons (Fsp3) is 0. The highest BCUT2D eigenvalue weighted by Crippen LogP contribution is 2.03. The SMILES string of the molecule is NC1=NC(N)=C1N. The van der Waals surface area contributed by atoms with E-state index in [4.69, 9.17) is 17.2 Å². The van der Waals surface area contributed by atoms with Crippen LogP contribution in [0, 0.1) is 0 Å². The van der Waals surface area contributed by atoms with Crippen LogP contribution in [0.15, 0.2) is 16.5 Å². The smallest absolute Gasteiger partial charge is 0.152 e. The van der Waals surface area contributed by atoms with E-state index in [0.717, 1.165) is 0 Å². The van der Waals surface area contributed by atoms with Crippen molar-refractivity contribution in [1.29, 1.82) is 0 Å². The monoisotopic (exact) mass is 98.1 g/mol. The van der Waals surface area contributed by atoms with E-state index in [1.165, 1.54) is 0 Å². The predicted octanol–water partition coefficient (Wildman–Crippen LogP) is -1.56. The van der Waals surface area contributed by atoms with Crippen molar-refractivity contribution in [3.05, 3.63) is 11.5 Å². The van der Waals surface area contributed by atoms with E-state index in [9.17, 15) is 0 Å². The number of amidine groups is 1. The predicted molar refractivity (Wildman–Crippen MR) is 27.0 cm³/mol. The summed E-state index contributed by atoms with van der Waals surface area (Å²) in [5.74, 6) is 0.690. The minimum absolute atomic E-state index is 0.345. The summed E-state index contributed by atoms with van der Waals surface area (Å²) in [6, 6.07) is 0. The van der Waals surface area contributed by atoms with Crippen LogP contribution in [0.5, 0.6) is 0 Å². The Labute approximate surface area is 40.7 Å². The molecule has 0 aromatic rings. The van der Waals surface area contributed by atoms with Gasteiger partial charge in [0, 0.05) is 0 Å². The van der Waals surface area contributed by atoms with Crippen LogP contribution >= 0.6 is 0 Å². The molecule has 0 unspecified atom stereocenters. The molecule has 1 aliphatic heterocycles. The molecular formula is C3H6N4. The maximum Gasteiger partial charge on any atom is 0.152 e. The molecule has 1 rings (SSSR count). The van der Waals surface area contributed by atoms with E-state index in [0.29, 0.717) is 17.4 Å². The lowest BCUT2D eigenvalue weighted by Crippen LogP contribution is -2.32. The average molecular weight is 98.1 g/mol. The quantitative estimate of drug-likeness (QED) is 0.342. The van der Waals surface area contributed by atoms with Crippen LogP contribution in [-0.2, 0) is 0 Å². The minimum Gasteiger partial charge on any atom is -0.393 e. The van der Waals surface area contributed by atoms with Gasteiger partial charge in [-0.15, -0.1) is 0 Å². The lowest BCUT2D eigenvalue weighted by molar-refractivity contribution is 1.10. The second kappa shape index (κ2) is 0.900. The molecule has 0 saturated carbocycles. The third-order valence-corrected chi connectivity index (χ3v) is 0.793. The number of rotatable bonds is 0. The van der Waals surface area contributed by atoms with Crippen molar-refractivity contribution < 1.29 is 0 Å². The third-order valence-electron chi connectivity index (χ3n) is 0.793. The van der Waals surface area contributed by atoms with E-state index in [1.54, 1.807) is 0 Å². The van der Waals surface area contributed by atoms with Crippen molar-refractivity contribution in [3.8, 4) is 0 Å². The number of aliphatic imine (C=N–C) groups is 1. The molecule has 6 N–H and O–H groups in total. The van der Waals surface area contributed by atoms with E-state index in [1.807, 2.05) is 0 Å². The molecule has 0 aromatic carbocycles. The Morgan fingerprint density at radius 1 is 1.14 bits per heavy atom. The molecule has 4 nitrogen and oxygen atoms in total. The molecule has 1 heterocycles. The Bertz CT molecular complexity index is 154. The lowest BCUT2D eigenvalue weighted by atomic mass is 10.3. The number of hydrogen-bond donors (Lipinski definition) is 3. The molecule has 0 saturated heterocycles. The fourth-order valence-electron chi connectivity index (χ4n) is 0.328. The molecule has 0 bridgehead atoms. The normalized spacial score (nSPS) is 18.6. The summed E-state index contributed by atoms with van der Waals surface area (Å²) in [7, 11) is 0. The van der Waals surface area contributed by atoms with Crippen LogP contribution in [-0.4, -0.2) is 5.84 Å². The maximum absolute atomic E-state index is 5.16. The Morgan fingerprint density at radius 3 is 1.71 bits per heavy atom. The van der Waals surface area contributed by atoms with E-state index in [2.05, 4.69) is 4.99 Å². The first kappa shape index (κ1) is 3.98. The van der Waals surface area contributed by atoms with Crippen molar-refractivity contribution in [1.82, 2.24) is 0 Å². The Morgan fingerprint density at radius 2 is 1.71 bits per heavy atom. The van der Waals surface area contributed by atoms with Gasteiger partial charge in [0.15, 0.2) is 11.7 Å². The van der Waals surface area contributed by atoms with Gasteiger partial charge in [-0.05, 0) is 0 Å². The van der Waals surface area contributed by atoms with Crippen LogP contribution in [0.25, 0.3) is 0 Å². The summed E-state index contributed by atoms with van der Waals surface area (Å²) in [6.45, 7) is 0. The van der Waals surface area contributed by atoms with Crippen LogP contribution in [0.2, 0.25) is 0 Å². The summed E-state index contributed by atoms with van der Waals surface area (Å²) >= 11 is 0. The molecule has 0 amide bonds. The van der Waals surface area contributed by atoms with E-state index >= 15 is 0 Å². The largest absolute Gasteiger partial charge is 0.393 e. The molecule has 0 fully saturated rings. The molecule has 0 atom stereocenters. The maximum atomic E-state index is 5.16. The topological polar surface area (TPSA) is 90.4 Å². The highest BCUT2D eigenvalue weighted by Gasteiger charge is 2.11. The van der Waals surface area contributed by atoms with Gasteiger partial charge < -0.3 is 17.2 Å². The minimum atomic E-state index is 0.345. The van der Waals surface area contributed by atoms with Gasteiger partial charge in [0.2, 0.25) is 0 Å². The third kappa shape index (κ3) is 0.325. The molecule has 0 spiro atoms. The second-order valence-corrected chi connectivity index (χ2v) is 1.30.